The SMILES string of the molecule is CCNc1nc(Nc2ccc(C)c(Cl)c2)c2[nH]cnc2n1. The van der Waals surface area contributed by atoms with Crippen molar-refractivity contribution in [2.45, 2.75) is 13.8 Å². The van der Waals surface area contributed by atoms with E-state index in [0.717, 1.165) is 23.3 Å². The van der Waals surface area contributed by atoms with E-state index >= 15 is 0 Å². The number of hydrogen-bond donors (Lipinski definition) is 3. The topological polar surface area (TPSA) is 78.5 Å². The van der Waals surface area contributed by atoms with Crippen molar-refractivity contribution < 1.29 is 0 Å². The number of rotatable bonds is 4. The van der Waals surface area contributed by atoms with Gasteiger partial charge in [-0.05, 0) is 31.5 Å². The number of halogens is 1. The summed E-state index contributed by atoms with van der Waals surface area (Å²) in [5, 5.41) is 7.06. The number of H-pyrrole nitrogens is 1. The van der Waals surface area contributed by atoms with Crippen LogP contribution in [0.4, 0.5) is 17.5 Å². The highest BCUT2D eigenvalue weighted by molar-refractivity contribution is 6.31. The van der Waals surface area contributed by atoms with E-state index in [0.29, 0.717) is 22.4 Å². The summed E-state index contributed by atoms with van der Waals surface area (Å²) >= 11 is 6.15. The van der Waals surface area contributed by atoms with Gasteiger partial charge in [-0.25, -0.2) is 4.98 Å². The van der Waals surface area contributed by atoms with Gasteiger partial charge in [0.25, 0.3) is 0 Å². The molecule has 0 aliphatic heterocycles. The lowest BCUT2D eigenvalue weighted by Gasteiger charge is -2.09. The summed E-state index contributed by atoms with van der Waals surface area (Å²) in [6.45, 7) is 4.70. The number of imidazole rings is 1. The van der Waals surface area contributed by atoms with E-state index in [1.807, 2.05) is 32.0 Å². The molecule has 0 radical (unpaired) electrons. The summed E-state index contributed by atoms with van der Waals surface area (Å²) in [6, 6.07) is 5.79. The van der Waals surface area contributed by atoms with Crippen molar-refractivity contribution in [3.05, 3.63) is 35.1 Å². The second kappa shape index (κ2) is 5.57. The second-order valence-electron chi connectivity index (χ2n) is 4.62. The molecule has 0 aliphatic rings. The molecule has 0 atom stereocenters. The Kier molecular flexibility index (Phi) is 3.62. The normalized spacial score (nSPS) is 10.8. The molecule has 2 aromatic heterocycles. The van der Waals surface area contributed by atoms with Crippen molar-refractivity contribution in [1.29, 1.82) is 0 Å². The van der Waals surface area contributed by atoms with Crippen molar-refractivity contribution in [1.82, 2.24) is 19.9 Å². The fraction of sp³-hybridized carbons (Fsp3) is 0.214. The zero-order valence-electron chi connectivity index (χ0n) is 11.7. The van der Waals surface area contributed by atoms with Gasteiger partial charge in [-0.2, -0.15) is 9.97 Å². The van der Waals surface area contributed by atoms with Crippen LogP contribution in [0.15, 0.2) is 24.5 Å². The first-order valence-corrected chi connectivity index (χ1v) is 7.03. The van der Waals surface area contributed by atoms with Crippen molar-refractivity contribution in [3.63, 3.8) is 0 Å². The zero-order chi connectivity index (χ0) is 14.8. The fourth-order valence-corrected chi connectivity index (χ4v) is 2.15. The predicted octanol–water partition coefficient (Wildman–Crippen LogP) is 3.49. The highest BCUT2D eigenvalue weighted by atomic mass is 35.5. The molecule has 0 saturated carbocycles. The molecule has 1 aromatic carbocycles. The average molecular weight is 303 g/mol. The Morgan fingerprint density at radius 2 is 2.14 bits per heavy atom. The highest BCUT2D eigenvalue weighted by Gasteiger charge is 2.10. The Morgan fingerprint density at radius 1 is 1.29 bits per heavy atom. The standard InChI is InChI=1S/C14H15ClN6/c1-3-16-14-20-12-11(17-7-18-12)13(21-14)19-9-5-4-8(2)10(15)6-9/h4-7H,3H2,1-2H3,(H3,16,17,18,19,20,21). The van der Waals surface area contributed by atoms with Crippen LogP contribution in [0, 0.1) is 6.92 Å². The van der Waals surface area contributed by atoms with Crippen LogP contribution in [-0.4, -0.2) is 26.5 Å². The molecule has 0 saturated heterocycles. The minimum absolute atomic E-state index is 0.540. The Hall–Kier alpha value is -2.34. The van der Waals surface area contributed by atoms with E-state index in [2.05, 4.69) is 30.6 Å². The van der Waals surface area contributed by atoms with E-state index < -0.39 is 0 Å². The molecule has 0 amide bonds. The van der Waals surface area contributed by atoms with Gasteiger partial charge in [-0.15, -0.1) is 0 Å². The molecule has 0 spiro atoms. The Balaban J connectivity index is 2.01. The lowest BCUT2D eigenvalue weighted by Crippen LogP contribution is -2.05. The summed E-state index contributed by atoms with van der Waals surface area (Å²) in [6.07, 6.45) is 1.60. The monoisotopic (exact) mass is 302 g/mol. The van der Waals surface area contributed by atoms with Gasteiger partial charge < -0.3 is 15.6 Å². The van der Waals surface area contributed by atoms with E-state index in [1.54, 1.807) is 6.33 Å². The summed E-state index contributed by atoms with van der Waals surface area (Å²) in [5.74, 6) is 1.20. The molecule has 6 nitrogen and oxygen atoms in total. The highest BCUT2D eigenvalue weighted by Crippen LogP contribution is 2.26. The third-order valence-electron chi connectivity index (χ3n) is 3.06. The van der Waals surface area contributed by atoms with Gasteiger partial charge in [0.2, 0.25) is 5.95 Å². The van der Waals surface area contributed by atoms with E-state index in [1.165, 1.54) is 0 Å². The lowest BCUT2D eigenvalue weighted by atomic mass is 10.2. The number of hydrogen-bond acceptors (Lipinski definition) is 5. The Labute approximate surface area is 127 Å². The van der Waals surface area contributed by atoms with Crippen molar-refractivity contribution in [2.75, 3.05) is 17.2 Å². The van der Waals surface area contributed by atoms with Crippen LogP contribution in [0.25, 0.3) is 11.2 Å². The largest absolute Gasteiger partial charge is 0.354 e. The molecule has 0 aliphatic carbocycles. The van der Waals surface area contributed by atoms with E-state index in [-0.39, 0.29) is 0 Å². The number of anilines is 3. The Bertz CT molecular complexity index is 782. The van der Waals surface area contributed by atoms with Gasteiger partial charge in [-0.1, -0.05) is 17.7 Å². The quantitative estimate of drug-likeness (QED) is 0.687. The first kappa shape index (κ1) is 13.6. The van der Waals surface area contributed by atoms with Crippen molar-refractivity contribution in [3.8, 4) is 0 Å². The van der Waals surface area contributed by atoms with Crippen LogP contribution >= 0.6 is 11.6 Å². The van der Waals surface area contributed by atoms with Gasteiger partial charge in [0.05, 0.1) is 6.33 Å². The van der Waals surface area contributed by atoms with Crippen LogP contribution in [0.2, 0.25) is 5.02 Å². The summed E-state index contributed by atoms with van der Waals surface area (Å²) < 4.78 is 0. The molecule has 108 valence electrons. The number of nitrogens with zero attached hydrogens (tertiary/aromatic N) is 3. The van der Waals surface area contributed by atoms with Gasteiger partial charge in [0.1, 0.15) is 5.52 Å². The number of aryl methyl sites for hydroxylation is 1. The van der Waals surface area contributed by atoms with Crippen LogP contribution in [0.5, 0.6) is 0 Å². The van der Waals surface area contributed by atoms with E-state index in [9.17, 15) is 0 Å². The molecule has 21 heavy (non-hydrogen) atoms. The number of aromatic nitrogens is 4. The maximum absolute atomic E-state index is 6.15. The van der Waals surface area contributed by atoms with Crippen LogP contribution in [-0.2, 0) is 0 Å². The molecule has 2 heterocycles. The maximum atomic E-state index is 6.15. The molecule has 7 heteroatoms. The molecule has 0 fully saturated rings. The molecular formula is C14H15ClN6. The second-order valence-corrected chi connectivity index (χ2v) is 5.02. The van der Waals surface area contributed by atoms with E-state index in [4.69, 9.17) is 11.6 Å². The minimum atomic E-state index is 0.540. The number of aromatic amines is 1. The van der Waals surface area contributed by atoms with Crippen molar-refractivity contribution in [2.24, 2.45) is 0 Å². The third kappa shape index (κ3) is 2.75. The molecule has 3 N–H and O–H groups in total. The van der Waals surface area contributed by atoms with Crippen LogP contribution < -0.4 is 10.6 Å². The van der Waals surface area contributed by atoms with Gasteiger partial charge in [-0.3, -0.25) is 0 Å². The number of fused-ring (bicyclic) bond motifs is 1. The fourth-order valence-electron chi connectivity index (χ4n) is 1.97. The van der Waals surface area contributed by atoms with Crippen LogP contribution in [0.3, 0.4) is 0 Å². The smallest absolute Gasteiger partial charge is 0.226 e. The first-order valence-electron chi connectivity index (χ1n) is 6.65. The molecule has 3 aromatic rings. The average Bonchev–Trinajstić information content (AvgIpc) is 2.92. The summed E-state index contributed by atoms with van der Waals surface area (Å²) in [4.78, 5) is 16.0. The molecule has 0 unspecified atom stereocenters. The van der Waals surface area contributed by atoms with Gasteiger partial charge in [0, 0.05) is 17.3 Å². The summed E-state index contributed by atoms with van der Waals surface area (Å²) in [7, 11) is 0. The van der Waals surface area contributed by atoms with Gasteiger partial charge >= 0.3 is 0 Å². The minimum Gasteiger partial charge on any atom is -0.354 e. The van der Waals surface area contributed by atoms with Crippen molar-refractivity contribution >= 4 is 40.2 Å². The Morgan fingerprint density at radius 3 is 2.90 bits per heavy atom. The zero-order valence-corrected chi connectivity index (χ0v) is 12.5. The predicted molar refractivity (Wildman–Crippen MR) is 85.3 cm³/mol. The third-order valence-corrected chi connectivity index (χ3v) is 3.46. The van der Waals surface area contributed by atoms with Gasteiger partial charge in [0.15, 0.2) is 11.5 Å². The number of benzene rings is 1. The molecule has 3 rings (SSSR count). The first-order chi connectivity index (χ1) is 10.2. The summed E-state index contributed by atoms with van der Waals surface area (Å²) in [5.41, 5.74) is 3.27. The number of nitrogens with one attached hydrogen (secondary N) is 3. The lowest BCUT2D eigenvalue weighted by molar-refractivity contribution is 1.10. The molecular weight excluding hydrogens is 288 g/mol. The van der Waals surface area contributed by atoms with Crippen LogP contribution in [0.1, 0.15) is 12.5 Å². The maximum Gasteiger partial charge on any atom is 0.226 e. The molecule has 0 bridgehead atoms.